The molecule has 0 spiro atoms. The van der Waals surface area contributed by atoms with Crippen molar-refractivity contribution in [3.63, 3.8) is 0 Å². The van der Waals surface area contributed by atoms with Gasteiger partial charge >= 0.3 is 0 Å². The summed E-state index contributed by atoms with van der Waals surface area (Å²) in [6.07, 6.45) is 0.879. The maximum absolute atomic E-state index is 13.1. The van der Waals surface area contributed by atoms with E-state index >= 15 is 0 Å². The Labute approximate surface area is 112 Å². The predicted molar refractivity (Wildman–Crippen MR) is 73.6 cm³/mol. The molecule has 2 aromatic carbocycles. The summed E-state index contributed by atoms with van der Waals surface area (Å²) in [5.41, 5.74) is 7.86. The number of Topliss-reactive ketones (excluding diaryl/α,β-unsaturated/α-hetero) is 1. The normalized spacial score (nSPS) is 10.4. The highest BCUT2D eigenvalue weighted by atomic mass is 19.1. The van der Waals surface area contributed by atoms with Crippen LogP contribution in [0.5, 0.6) is 0 Å². The van der Waals surface area contributed by atoms with Crippen molar-refractivity contribution < 1.29 is 9.18 Å². The van der Waals surface area contributed by atoms with E-state index in [0.29, 0.717) is 24.1 Å². The summed E-state index contributed by atoms with van der Waals surface area (Å²) in [6.45, 7) is 0.504. The summed E-state index contributed by atoms with van der Waals surface area (Å²) in [6, 6.07) is 13.6. The minimum atomic E-state index is -0.319. The molecule has 2 nitrogen and oxygen atoms in total. The Morgan fingerprint density at radius 3 is 2.63 bits per heavy atom. The van der Waals surface area contributed by atoms with E-state index < -0.39 is 0 Å². The fourth-order valence-corrected chi connectivity index (χ4v) is 2.09. The molecule has 0 heterocycles. The van der Waals surface area contributed by atoms with Crippen LogP contribution in [-0.4, -0.2) is 12.3 Å². The van der Waals surface area contributed by atoms with Crippen molar-refractivity contribution in [3.8, 4) is 0 Å². The molecule has 2 aromatic rings. The average molecular weight is 257 g/mol. The van der Waals surface area contributed by atoms with Gasteiger partial charge in [0.25, 0.3) is 0 Å². The minimum absolute atomic E-state index is 0.00495. The lowest BCUT2D eigenvalue weighted by Gasteiger charge is -2.07. The smallest absolute Gasteiger partial charge is 0.167 e. The Balaban J connectivity index is 2.20. The van der Waals surface area contributed by atoms with Crippen molar-refractivity contribution in [2.45, 2.75) is 12.8 Å². The van der Waals surface area contributed by atoms with E-state index in [4.69, 9.17) is 5.73 Å². The summed E-state index contributed by atoms with van der Waals surface area (Å²) in [4.78, 5) is 12.3. The second-order valence-electron chi connectivity index (χ2n) is 4.43. The number of hydrogen-bond acceptors (Lipinski definition) is 2. The first-order valence-corrected chi connectivity index (χ1v) is 6.26. The lowest BCUT2D eigenvalue weighted by molar-refractivity contribution is 0.0992. The van der Waals surface area contributed by atoms with Gasteiger partial charge in [-0.1, -0.05) is 36.4 Å². The molecule has 0 saturated heterocycles. The van der Waals surface area contributed by atoms with Crippen LogP contribution in [0.2, 0.25) is 0 Å². The van der Waals surface area contributed by atoms with Gasteiger partial charge in [-0.3, -0.25) is 4.79 Å². The van der Waals surface area contributed by atoms with E-state index in [-0.39, 0.29) is 18.0 Å². The van der Waals surface area contributed by atoms with E-state index in [9.17, 15) is 9.18 Å². The molecule has 19 heavy (non-hydrogen) atoms. The van der Waals surface area contributed by atoms with E-state index in [0.717, 1.165) is 5.56 Å². The van der Waals surface area contributed by atoms with Crippen LogP contribution in [0.3, 0.4) is 0 Å². The Morgan fingerprint density at radius 1 is 1.11 bits per heavy atom. The van der Waals surface area contributed by atoms with Crippen molar-refractivity contribution >= 4 is 5.78 Å². The first-order valence-electron chi connectivity index (χ1n) is 6.26. The highest BCUT2D eigenvalue weighted by Crippen LogP contribution is 2.14. The highest BCUT2D eigenvalue weighted by Gasteiger charge is 2.11. The van der Waals surface area contributed by atoms with Crippen LogP contribution in [0, 0.1) is 5.82 Å². The van der Waals surface area contributed by atoms with Gasteiger partial charge in [-0.25, -0.2) is 4.39 Å². The quantitative estimate of drug-likeness (QED) is 0.837. The summed E-state index contributed by atoms with van der Waals surface area (Å²) >= 11 is 0. The molecule has 0 unspecified atom stereocenters. The van der Waals surface area contributed by atoms with Gasteiger partial charge in [0.2, 0.25) is 0 Å². The lowest BCUT2D eigenvalue weighted by Crippen LogP contribution is -2.10. The van der Waals surface area contributed by atoms with Crippen molar-refractivity contribution in [2.24, 2.45) is 5.73 Å². The summed E-state index contributed by atoms with van der Waals surface area (Å²) in [5.74, 6) is -0.324. The third-order valence-electron chi connectivity index (χ3n) is 2.99. The zero-order valence-electron chi connectivity index (χ0n) is 10.6. The number of rotatable bonds is 5. The number of carbonyl (C=O) groups excluding carboxylic acids is 1. The van der Waals surface area contributed by atoms with Crippen LogP contribution in [-0.2, 0) is 12.8 Å². The second kappa shape index (κ2) is 6.25. The highest BCUT2D eigenvalue weighted by molar-refractivity contribution is 5.98. The predicted octanol–water partition coefficient (Wildman–Crippen LogP) is 2.75. The maximum Gasteiger partial charge on any atom is 0.167 e. The Kier molecular flexibility index (Phi) is 4.42. The van der Waals surface area contributed by atoms with Gasteiger partial charge in [0.05, 0.1) is 0 Å². The first kappa shape index (κ1) is 13.4. The summed E-state index contributed by atoms with van der Waals surface area (Å²) in [7, 11) is 0. The number of hydrogen-bond donors (Lipinski definition) is 1. The number of ketones is 1. The van der Waals surface area contributed by atoms with Crippen LogP contribution < -0.4 is 5.73 Å². The van der Waals surface area contributed by atoms with Crippen molar-refractivity contribution in [1.29, 1.82) is 0 Å². The Bertz CT molecular complexity index is 580. The third kappa shape index (κ3) is 3.48. The molecular weight excluding hydrogens is 241 g/mol. The van der Waals surface area contributed by atoms with Gasteiger partial charge in [0.1, 0.15) is 5.82 Å². The monoisotopic (exact) mass is 257 g/mol. The fraction of sp³-hybridized carbons (Fsp3) is 0.188. The van der Waals surface area contributed by atoms with Crippen molar-refractivity contribution in [1.82, 2.24) is 0 Å². The van der Waals surface area contributed by atoms with E-state index in [1.54, 1.807) is 18.2 Å². The largest absolute Gasteiger partial charge is 0.330 e. The van der Waals surface area contributed by atoms with Crippen LogP contribution in [0.1, 0.15) is 21.5 Å². The average Bonchev–Trinajstić information content (AvgIpc) is 2.39. The SMILES string of the molecule is NCCc1ccccc1C(=O)Cc1cccc(F)c1. The van der Waals surface area contributed by atoms with Crippen LogP contribution in [0.25, 0.3) is 0 Å². The number of carbonyl (C=O) groups is 1. The van der Waals surface area contributed by atoms with E-state index in [2.05, 4.69) is 0 Å². The summed E-state index contributed by atoms with van der Waals surface area (Å²) < 4.78 is 13.1. The van der Waals surface area contributed by atoms with E-state index in [1.807, 2.05) is 18.2 Å². The molecule has 0 aliphatic carbocycles. The van der Waals surface area contributed by atoms with Crippen molar-refractivity contribution in [2.75, 3.05) is 6.54 Å². The van der Waals surface area contributed by atoms with Gasteiger partial charge in [0.15, 0.2) is 5.78 Å². The molecule has 0 amide bonds. The molecular formula is C16H16FNO. The molecule has 2 N–H and O–H groups in total. The molecule has 0 atom stereocenters. The topological polar surface area (TPSA) is 43.1 Å². The van der Waals surface area contributed by atoms with Crippen molar-refractivity contribution in [3.05, 3.63) is 71.0 Å². The number of halogens is 1. The van der Waals surface area contributed by atoms with Gasteiger partial charge in [-0.05, 0) is 36.2 Å². The standard InChI is InChI=1S/C16H16FNO/c17-14-6-3-4-12(10-14)11-16(19)15-7-2-1-5-13(15)8-9-18/h1-7,10H,8-9,11,18H2. The van der Waals surface area contributed by atoms with Crippen LogP contribution >= 0.6 is 0 Å². The molecule has 2 rings (SSSR count). The molecule has 0 saturated carbocycles. The third-order valence-corrected chi connectivity index (χ3v) is 2.99. The van der Waals surface area contributed by atoms with Gasteiger partial charge < -0.3 is 5.73 Å². The van der Waals surface area contributed by atoms with Crippen LogP contribution in [0.15, 0.2) is 48.5 Å². The van der Waals surface area contributed by atoms with Crippen LogP contribution in [0.4, 0.5) is 4.39 Å². The van der Waals surface area contributed by atoms with Gasteiger partial charge in [-0.2, -0.15) is 0 Å². The lowest BCUT2D eigenvalue weighted by atomic mass is 9.97. The molecule has 98 valence electrons. The molecule has 0 aliphatic rings. The van der Waals surface area contributed by atoms with E-state index in [1.165, 1.54) is 12.1 Å². The Morgan fingerprint density at radius 2 is 1.89 bits per heavy atom. The molecule has 3 heteroatoms. The summed E-state index contributed by atoms with van der Waals surface area (Å²) in [5, 5.41) is 0. The number of benzene rings is 2. The molecule has 0 bridgehead atoms. The molecule has 0 fully saturated rings. The van der Waals surface area contributed by atoms with Gasteiger partial charge in [0, 0.05) is 12.0 Å². The Hall–Kier alpha value is -2.00. The number of nitrogens with two attached hydrogens (primary N) is 1. The molecule has 0 radical (unpaired) electrons. The molecule has 0 aliphatic heterocycles. The zero-order chi connectivity index (χ0) is 13.7. The maximum atomic E-state index is 13.1. The second-order valence-corrected chi connectivity index (χ2v) is 4.43. The first-order chi connectivity index (χ1) is 9.20. The zero-order valence-corrected chi connectivity index (χ0v) is 10.6. The molecule has 0 aromatic heterocycles. The minimum Gasteiger partial charge on any atom is -0.330 e. The van der Waals surface area contributed by atoms with Gasteiger partial charge in [-0.15, -0.1) is 0 Å². The fourth-order valence-electron chi connectivity index (χ4n) is 2.09.